The summed E-state index contributed by atoms with van der Waals surface area (Å²) in [5, 5.41) is 0. The van der Waals surface area contributed by atoms with Crippen LogP contribution in [0.5, 0.6) is 0 Å². The molecule has 0 aromatic carbocycles. The minimum absolute atomic E-state index is 0.0958. The van der Waals surface area contributed by atoms with Crippen LogP contribution >= 0.6 is 0 Å². The van der Waals surface area contributed by atoms with Crippen LogP contribution in [-0.4, -0.2) is 44.8 Å². The Morgan fingerprint density at radius 1 is 1.24 bits per heavy atom. The van der Waals surface area contributed by atoms with Crippen LogP contribution in [-0.2, 0) is 9.53 Å². The van der Waals surface area contributed by atoms with Gasteiger partial charge in [0.05, 0.1) is 5.41 Å². The minimum atomic E-state index is -1.02. The van der Waals surface area contributed by atoms with Gasteiger partial charge in [-0.15, -0.1) is 0 Å². The van der Waals surface area contributed by atoms with Gasteiger partial charge >= 0.3 is 5.97 Å². The van der Waals surface area contributed by atoms with E-state index in [0.717, 1.165) is 0 Å². The Bertz CT molecular complexity index is 248. The van der Waals surface area contributed by atoms with E-state index in [4.69, 9.17) is 4.74 Å². The van der Waals surface area contributed by atoms with Crippen molar-refractivity contribution in [3.05, 3.63) is 0 Å². The molecule has 1 unspecified atom stereocenters. The molecule has 0 aliphatic heterocycles. The predicted octanol–water partition coefficient (Wildman–Crippen LogP) is 2.50. The molecule has 0 saturated carbocycles. The summed E-state index contributed by atoms with van der Waals surface area (Å²) in [5.41, 5.74) is -1.12. The Morgan fingerprint density at radius 3 is 2.12 bits per heavy atom. The Balaban J connectivity index is 4.38. The molecule has 4 heteroatoms. The summed E-state index contributed by atoms with van der Waals surface area (Å²) < 4.78 is 18.2. The van der Waals surface area contributed by atoms with Gasteiger partial charge in [-0.1, -0.05) is 20.8 Å². The van der Waals surface area contributed by atoms with Gasteiger partial charge in [-0.2, -0.15) is 0 Å². The number of nitrogens with zero attached hydrogens (tertiary/aromatic N) is 1. The van der Waals surface area contributed by atoms with Crippen LogP contribution in [0, 0.1) is 10.8 Å². The molecule has 0 rings (SSSR count). The van der Waals surface area contributed by atoms with Gasteiger partial charge in [0.25, 0.3) is 0 Å². The van der Waals surface area contributed by atoms with Crippen molar-refractivity contribution < 1.29 is 13.9 Å². The monoisotopic (exact) mass is 247 g/mol. The number of hydrogen-bond donors (Lipinski definition) is 0. The molecule has 0 aromatic rings. The third-order valence-electron chi connectivity index (χ3n) is 2.48. The molecule has 1 atom stereocenters. The zero-order chi connectivity index (χ0) is 13.7. The fourth-order valence-electron chi connectivity index (χ4n) is 1.84. The molecule has 0 saturated heterocycles. The van der Waals surface area contributed by atoms with Crippen molar-refractivity contribution in [3.8, 4) is 0 Å². The highest BCUT2D eigenvalue weighted by Gasteiger charge is 2.38. The van der Waals surface area contributed by atoms with Gasteiger partial charge in [0.15, 0.2) is 0 Å². The molecule has 0 radical (unpaired) electrons. The number of ether oxygens (including phenoxy) is 1. The summed E-state index contributed by atoms with van der Waals surface area (Å²) in [6.45, 7) is 7.91. The lowest BCUT2D eigenvalue weighted by Crippen LogP contribution is -2.37. The van der Waals surface area contributed by atoms with Crippen molar-refractivity contribution in [1.29, 1.82) is 0 Å². The number of hydrogen-bond acceptors (Lipinski definition) is 3. The molecule has 102 valence electrons. The first kappa shape index (κ1) is 16.4. The van der Waals surface area contributed by atoms with Crippen molar-refractivity contribution in [3.63, 3.8) is 0 Å². The van der Waals surface area contributed by atoms with E-state index in [1.54, 1.807) is 6.92 Å². The van der Waals surface area contributed by atoms with E-state index in [9.17, 15) is 9.18 Å². The van der Waals surface area contributed by atoms with Crippen molar-refractivity contribution in [2.45, 2.75) is 34.1 Å². The van der Waals surface area contributed by atoms with Gasteiger partial charge in [-0.05, 0) is 32.9 Å². The molecule has 0 bridgehead atoms. The molecule has 17 heavy (non-hydrogen) atoms. The molecule has 0 aromatic heterocycles. The fourth-order valence-corrected chi connectivity index (χ4v) is 1.84. The molecule has 0 spiro atoms. The molecule has 3 nitrogen and oxygen atoms in total. The SMILES string of the molecule is CN(C)CCOC(=O)C(C)(CF)CC(C)(C)C. The van der Waals surface area contributed by atoms with Gasteiger partial charge in [-0.25, -0.2) is 4.39 Å². The molecule has 0 aliphatic carbocycles. The van der Waals surface area contributed by atoms with Crippen molar-refractivity contribution in [2.24, 2.45) is 10.8 Å². The predicted molar refractivity (Wildman–Crippen MR) is 67.7 cm³/mol. The fraction of sp³-hybridized carbons (Fsp3) is 0.923. The van der Waals surface area contributed by atoms with Gasteiger partial charge in [0, 0.05) is 6.54 Å². The van der Waals surface area contributed by atoms with Gasteiger partial charge in [0.2, 0.25) is 0 Å². The average Bonchev–Trinajstić information content (AvgIpc) is 2.14. The number of likely N-dealkylation sites (N-methyl/N-ethyl adjacent to an activating group) is 1. The molecule has 0 heterocycles. The van der Waals surface area contributed by atoms with Gasteiger partial charge in [-0.3, -0.25) is 4.79 Å². The summed E-state index contributed by atoms with van der Waals surface area (Å²) in [4.78, 5) is 13.8. The second-order valence-electron chi connectivity index (χ2n) is 6.37. The Hall–Kier alpha value is -0.640. The van der Waals surface area contributed by atoms with E-state index >= 15 is 0 Å². The van der Waals surface area contributed by atoms with E-state index < -0.39 is 18.1 Å². The van der Waals surface area contributed by atoms with Crippen LogP contribution in [0.15, 0.2) is 0 Å². The minimum Gasteiger partial charge on any atom is -0.464 e. The lowest BCUT2D eigenvalue weighted by atomic mass is 9.76. The first-order valence-electron chi connectivity index (χ1n) is 5.99. The number of halogens is 1. The maximum atomic E-state index is 13.1. The molecule has 0 N–H and O–H groups in total. The average molecular weight is 247 g/mol. The quantitative estimate of drug-likeness (QED) is 0.675. The summed E-state index contributed by atoms with van der Waals surface area (Å²) in [6.07, 6.45) is 0.483. The number of esters is 1. The summed E-state index contributed by atoms with van der Waals surface area (Å²) in [7, 11) is 3.80. The molecular formula is C13H26FNO2. The highest BCUT2D eigenvalue weighted by molar-refractivity contribution is 5.76. The van der Waals surface area contributed by atoms with E-state index in [1.807, 2.05) is 39.8 Å². The molecule has 0 fully saturated rings. The lowest BCUT2D eigenvalue weighted by molar-refractivity contribution is -0.158. The molecule has 0 aliphatic rings. The second-order valence-corrected chi connectivity index (χ2v) is 6.37. The Labute approximate surface area is 104 Å². The van der Waals surface area contributed by atoms with Crippen LogP contribution in [0.25, 0.3) is 0 Å². The van der Waals surface area contributed by atoms with E-state index in [2.05, 4.69) is 0 Å². The summed E-state index contributed by atoms with van der Waals surface area (Å²) >= 11 is 0. The number of carbonyl (C=O) groups is 1. The zero-order valence-electron chi connectivity index (χ0n) is 12.0. The van der Waals surface area contributed by atoms with Crippen LogP contribution in [0.2, 0.25) is 0 Å². The third-order valence-corrected chi connectivity index (χ3v) is 2.48. The molecule has 0 amide bonds. The number of alkyl halides is 1. The number of rotatable bonds is 6. The number of carbonyl (C=O) groups excluding carboxylic acids is 1. The van der Waals surface area contributed by atoms with Crippen LogP contribution < -0.4 is 0 Å². The highest BCUT2D eigenvalue weighted by atomic mass is 19.1. The zero-order valence-corrected chi connectivity index (χ0v) is 12.0. The standard InChI is InChI=1S/C13H26FNO2/c1-12(2,3)9-13(4,10-14)11(16)17-8-7-15(5)6/h7-10H2,1-6H3. The van der Waals surface area contributed by atoms with E-state index in [1.165, 1.54) is 0 Å². The first-order chi connectivity index (χ1) is 7.60. The third kappa shape index (κ3) is 6.61. The van der Waals surface area contributed by atoms with E-state index in [-0.39, 0.29) is 5.41 Å². The lowest BCUT2D eigenvalue weighted by Gasteiger charge is -2.31. The summed E-state index contributed by atoms with van der Waals surface area (Å²) in [6, 6.07) is 0. The summed E-state index contributed by atoms with van der Waals surface area (Å²) in [5.74, 6) is -0.434. The van der Waals surface area contributed by atoms with Crippen LogP contribution in [0.3, 0.4) is 0 Å². The highest BCUT2D eigenvalue weighted by Crippen LogP contribution is 2.35. The smallest absolute Gasteiger partial charge is 0.314 e. The normalized spacial score (nSPS) is 15.8. The van der Waals surface area contributed by atoms with Crippen molar-refractivity contribution in [2.75, 3.05) is 33.9 Å². The maximum absolute atomic E-state index is 13.1. The van der Waals surface area contributed by atoms with Crippen LogP contribution in [0.4, 0.5) is 4.39 Å². The van der Waals surface area contributed by atoms with E-state index in [0.29, 0.717) is 19.6 Å². The first-order valence-corrected chi connectivity index (χ1v) is 5.99. The largest absolute Gasteiger partial charge is 0.464 e. The maximum Gasteiger partial charge on any atom is 0.314 e. The van der Waals surface area contributed by atoms with Gasteiger partial charge in [0.1, 0.15) is 13.3 Å². The topological polar surface area (TPSA) is 29.5 Å². The van der Waals surface area contributed by atoms with Crippen molar-refractivity contribution in [1.82, 2.24) is 4.90 Å². The Kier molecular flexibility index (Phi) is 6.10. The van der Waals surface area contributed by atoms with Gasteiger partial charge < -0.3 is 9.64 Å². The van der Waals surface area contributed by atoms with Crippen molar-refractivity contribution >= 4 is 5.97 Å². The van der Waals surface area contributed by atoms with Crippen LogP contribution in [0.1, 0.15) is 34.1 Å². The molecular weight excluding hydrogens is 221 g/mol. The second kappa shape index (κ2) is 6.34. The Morgan fingerprint density at radius 2 is 1.76 bits per heavy atom.